The minimum absolute atomic E-state index is 0.131. The molecule has 1 aliphatic rings. The second kappa shape index (κ2) is 7.06. The van der Waals surface area contributed by atoms with Gasteiger partial charge in [-0.15, -0.1) is 0 Å². The molecule has 2 atom stereocenters. The van der Waals surface area contributed by atoms with Crippen LogP contribution in [0.25, 0.3) is 22.0 Å². The number of fused-ring (bicyclic) bond motifs is 1. The third kappa shape index (κ3) is 3.23. The Morgan fingerprint density at radius 2 is 2.25 bits per heavy atom. The van der Waals surface area contributed by atoms with Gasteiger partial charge >= 0.3 is 0 Å². The van der Waals surface area contributed by atoms with Crippen molar-refractivity contribution in [1.82, 2.24) is 15.0 Å². The minimum Gasteiger partial charge on any atom is -0.383 e. The molecule has 1 saturated carbocycles. The molecule has 3 aromatic heterocycles. The van der Waals surface area contributed by atoms with Gasteiger partial charge in [-0.05, 0) is 37.0 Å². The highest BCUT2D eigenvalue weighted by Crippen LogP contribution is 2.42. The summed E-state index contributed by atoms with van der Waals surface area (Å²) in [5.74, 6) is 0.562. The molecule has 0 aromatic carbocycles. The van der Waals surface area contributed by atoms with Crippen molar-refractivity contribution in [2.75, 3.05) is 11.1 Å². The first-order valence-corrected chi connectivity index (χ1v) is 9.21. The molecular formula is C20H17ClN6O. The Bertz CT molecular complexity index is 1140. The van der Waals surface area contributed by atoms with Crippen LogP contribution < -0.4 is 11.1 Å². The maximum absolute atomic E-state index is 12.3. The number of amides is 1. The fourth-order valence-electron chi connectivity index (χ4n) is 3.29. The topological polar surface area (TPSA) is 118 Å². The molecule has 0 saturated heterocycles. The first-order valence-electron chi connectivity index (χ1n) is 8.83. The molecule has 1 amide bonds. The van der Waals surface area contributed by atoms with Gasteiger partial charge in [0.15, 0.2) is 0 Å². The van der Waals surface area contributed by atoms with E-state index in [2.05, 4.69) is 26.3 Å². The van der Waals surface area contributed by atoms with Crippen LogP contribution in [0.4, 0.5) is 11.6 Å². The molecule has 1 aliphatic carbocycles. The number of carbonyl (C=O) groups is 1. The Balaban J connectivity index is 1.71. The number of rotatable bonds is 4. The van der Waals surface area contributed by atoms with Crippen LogP contribution in [-0.2, 0) is 4.79 Å². The average molecular weight is 393 g/mol. The van der Waals surface area contributed by atoms with E-state index in [-0.39, 0.29) is 17.7 Å². The van der Waals surface area contributed by atoms with Crippen LogP contribution in [0.5, 0.6) is 0 Å². The van der Waals surface area contributed by atoms with E-state index in [1.54, 1.807) is 24.7 Å². The highest BCUT2D eigenvalue weighted by atomic mass is 35.5. The first-order chi connectivity index (χ1) is 13.5. The van der Waals surface area contributed by atoms with Crippen LogP contribution in [-0.4, -0.2) is 20.9 Å². The first kappa shape index (κ1) is 18.1. The van der Waals surface area contributed by atoms with Crippen LogP contribution in [0.3, 0.4) is 0 Å². The quantitative estimate of drug-likeness (QED) is 0.698. The van der Waals surface area contributed by atoms with Crippen LogP contribution in [0.1, 0.15) is 18.4 Å². The zero-order valence-electron chi connectivity index (χ0n) is 15.1. The van der Waals surface area contributed by atoms with Crippen molar-refractivity contribution in [3.8, 4) is 17.3 Å². The van der Waals surface area contributed by atoms with E-state index in [1.807, 2.05) is 13.0 Å². The number of nitrogens with two attached hydrogens (primary N) is 1. The standard InChI is InChI=1S/C20H17ClN6O/c1-10-3-5-24-8-14(10)18-17(21)13-7-16(25-9-15(13)19(23)27-18)26-20(28)12-6-11(12)2-4-22/h3,5,7-9,11-12H,2,6H2,1H3,(H2,23,27)(H,25,26,28)/t11-,12-/m1/s1. The number of nitrogens with one attached hydrogen (secondary N) is 1. The van der Waals surface area contributed by atoms with E-state index in [1.165, 1.54) is 0 Å². The monoisotopic (exact) mass is 392 g/mol. The van der Waals surface area contributed by atoms with Crippen LogP contribution in [0.15, 0.2) is 30.7 Å². The number of aryl methyl sites for hydroxylation is 1. The number of halogens is 1. The number of nitriles is 1. The van der Waals surface area contributed by atoms with Crippen molar-refractivity contribution in [2.24, 2.45) is 11.8 Å². The lowest BCUT2D eigenvalue weighted by atomic mass is 10.1. The van der Waals surface area contributed by atoms with E-state index in [4.69, 9.17) is 22.6 Å². The van der Waals surface area contributed by atoms with Gasteiger partial charge in [0.05, 0.1) is 16.8 Å². The molecule has 4 rings (SSSR count). The summed E-state index contributed by atoms with van der Waals surface area (Å²) < 4.78 is 0. The summed E-state index contributed by atoms with van der Waals surface area (Å²) >= 11 is 6.65. The summed E-state index contributed by atoms with van der Waals surface area (Å²) in [6.07, 6.45) is 6.08. The fourth-order valence-corrected chi connectivity index (χ4v) is 3.59. The fraction of sp³-hybridized carbons (Fsp3) is 0.250. The zero-order valence-corrected chi connectivity index (χ0v) is 15.9. The molecule has 140 valence electrons. The summed E-state index contributed by atoms with van der Waals surface area (Å²) in [7, 11) is 0. The van der Waals surface area contributed by atoms with E-state index >= 15 is 0 Å². The van der Waals surface area contributed by atoms with E-state index < -0.39 is 0 Å². The maximum atomic E-state index is 12.3. The number of anilines is 2. The van der Waals surface area contributed by atoms with Crippen molar-refractivity contribution < 1.29 is 4.79 Å². The van der Waals surface area contributed by atoms with Gasteiger partial charge in [0.2, 0.25) is 5.91 Å². The Labute approximate surface area is 166 Å². The van der Waals surface area contributed by atoms with Crippen molar-refractivity contribution in [2.45, 2.75) is 19.8 Å². The lowest BCUT2D eigenvalue weighted by molar-refractivity contribution is -0.117. The smallest absolute Gasteiger partial charge is 0.228 e. The number of pyridine rings is 3. The number of hydrogen-bond acceptors (Lipinski definition) is 6. The van der Waals surface area contributed by atoms with Crippen molar-refractivity contribution in [3.63, 3.8) is 0 Å². The predicted molar refractivity (Wildman–Crippen MR) is 107 cm³/mol. The Morgan fingerprint density at radius 3 is 3.00 bits per heavy atom. The normalized spacial score (nSPS) is 17.9. The molecule has 8 heteroatoms. The van der Waals surface area contributed by atoms with Crippen molar-refractivity contribution >= 4 is 39.9 Å². The van der Waals surface area contributed by atoms with E-state index in [9.17, 15) is 4.79 Å². The number of nitrogen functional groups attached to an aromatic ring is 1. The molecule has 0 radical (unpaired) electrons. The molecule has 0 spiro atoms. The van der Waals surface area contributed by atoms with Crippen LogP contribution >= 0.6 is 11.6 Å². The molecule has 3 heterocycles. The zero-order chi connectivity index (χ0) is 19.8. The van der Waals surface area contributed by atoms with Gasteiger partial charge < -0.3 is 11.1 Å². The second-order valence-corrected chi connectivity index (χ2v) is 7.30. The van der Waals surface area contributed by atoms with Gasteiger partial charge in [0.25, 0.3) is 0 Å². The molecule has 0 aliphatic heterocycles. The summed E-state index contributed by atoms with van der Waals surface area (Å²) in [6.45, 7) is 1.95. The summed E-state index contributed by atoms with van der Waals surface area (Å²) in [4.78, 5) is 25.2. The highest BCUT2D eigenvalue weighted by molar-refractivity contribution is 6.38. The van der Waals surface area contributed by atoms with E-state index in [0.717, 1.165) is 17.5 Å². The van der Waals surface area contributed by atoms with Crippen molar-refractivity contribution in [1.29, 1.82) is 5.26 Å². The maximum Gasteiger partial charge on any atom is 0.228 e. The molecular weight excluding hydrogens is 376 g/mol. The number of hydrogen-bond donors (Lipinski definition) is 2. The Hall–Kier alpha value is -3.24. The average Bonchev–Trinajstić information content (AvgIpc) is 3.45. The third-order valence-corrected chi connectivity index (χ3v) is 5.40. The molecule has 0 bridgehead atoms. The largest absolute Gasteiger partial charge is 0.383 e. The summed E-state index contributed by atoms with van der Waals surface area (Å²) in [5.41, 5.74) is 8.43. The molecule has 7 nitrogen and oxygen atoms in total. The molecule has 28 heavy (non-hydrogen) atoms. The van der Waals surface area contributed by atoms with Gasteiger partial charge in [-0.1, -0.05) is 11.6 Å². The van der Waals surface area contributed by atoms with Gasteiger partial charge in [-0.2, -0.15) is 5.26 Å². The molecule has 3 aromatic rings. The van der Waals surface area contributed by atoms with Gasteiger partial charge in [0.1, 0.15) is 11.6 Å². The lowest BCUT2D eigenvalue weighted by Gasteiger charge is -2.12. The second-order valence-electron chi connectivity index (χ2n) is 6.92. The van der Waals surface area contributed by atoms with Crippen molar-refractivity contribution in [3.05, 3.63) is 41.3 Å². The molecule has 1 fully saturated rings. The summed E-state index contributed by atoms with van der Waals surface area (Å²) in [6, 6.07) is 5.68. The van der Waals surface area contributed by atoms with Gasteiger partial charge in [-0.25, -0.2) is 9.97 Å². The predicted octanol–water partition coefficient (Wildman–Crippen LogP) is 3.72. The molecule has 0 unspecified atom stereocenters. The van der Waals surface area contributed by atoms with Gasteiger partial charge in [0, 0.05) is 47.3 Å². The van der Waals surface area contributed by atoms with E-state index in [0.29, 0.717) is 39.5 Å². The Kier molecular flexibility index (Phi) is 4.57. The third-order valence-electron chi connectivity index (χ3n) is 5.01. The number of carbonyl (C=O) groups excluding carboxylic acids is 1. The molecule has 3 N–H and O–H groups in total. The highest BCUT2D eigenvalue weighted by Gasteiger charge is 2.42. The lowest BCUT2D eigenvalue weighted by Crippen LogP contribution is -2.15. The summed E-state index contributed by atoms with van der Waals surface area (Å²) in [5, 5.41) is 13.3. The SMILES string of the molecule is Cc1ccncc1-c1nc(N)c2cnc(NC(=O)[C@@H]3C[C@H]3CC#N)cc2c1Cl. The van der Waals surface area contributed by atoms with Crippen LogP contribution in [0, 0.1) is 30.1 Å². The Morgan fingerprint density at radius 1 is 1.43 bits per heavy atom. The van der Waals surface area contributed by atoms with Gasteiger partial charge in [-0.3, -0.25) is 9.78 Å². The van der Waals surface area contributed by atoms with Crippen LogP contribution in [0.2, 0.25) is 5.02 Å². The minimum atomic E-state index is -0.135. The number of aromatic nitrogens is 3. The number of nitrogens with zero attached hydrogens (tertiary/aromatic N) is 4.